The average Bonchev–Trinajstić information content (AvgIpc) is 3.30. The fourth-order valence-electron chi connectivity index (χ4n) is 3.07. The van der Waals surface area contributed by atoms with E-state index in [4.69, 9.17) is 0 Å². The van der Waals surface area contributed by atoms with E-state index in [9.17, 15) is 0 Å². The Hall–Kier alpha value is -1.92. The lowest BCUT2D eigenvalue weighted by Crippen LogP contribution is -2.24. The minimum absolute atomic E-state index is 0.902. The van der Waals surface area contributed by atoms with Gasteiger partial charge in [-0.25, -0.2) is 4.98 Å². The molecule has 0 spiro atoms. The largest absolute Gasteiger partial charge is 0.296 e. The Bertz CT molecular complexity index is 785. The van der Waals surface area contributed by atoms with Crippen LogP contribution in [0.4, 0.5) is 0 Å². The molecule has 0 aliphatic heterocycles. The Balaban J connectivity index is 1.79. The van der Waals surface area contributed by atoms with E-state index in [1.54, 1.807) is 11.3 Å². The zero-order chi connectivity index (χ0) is 17.1. The van der Waals surface area contributed by atoms with Gasteiger partial charge in [-0.2, -0.15) is 5.10 Å². The number of thiazole rings is 1. The summed E-state index contributed by atoms with van der Waals surface area (Å²) in [6, 6.07) is 4.27. The van der Waals surface area contributed by atoms with E-state index in [-0.39, 0.29) is 0 Å². The van der Waals surface area contributed by atoms with Crippen LogP contribution in [0.3, 0.4) is 0 Å². The third-order valence-electron chi connectivity index (χ3n) is 4.50. The standard InChI is InChI=1S/C18H25N5S/c1-5-21(13-17-14(3)20-23(6-2)15(17)4)12-16-8-7-10-22(16)18-19-9-11-24-18/h7-11H,5-6,12-13H2,1-4H3. The van der Waals surface area contributed by atoms with Gasteiger partial charge in [0.15, 0.2) is 5.13 Å². The maximum absolute atomic E-state index is 4.65. The van der Waals surface area contributed by atoms with Crippen LogP contribution >= 0.6 is 11.3 Å². The SMILES string of the molecule is CCN(Cc1c(C)nn(CC)c1C)Cc1cccn1-c1nccs1. The van der Waals surface area contributed by atoms with Gasteiger partial charge in [0.25, 0.3) is 0 Å². The molecule has 0 aromatic carbocycles. The molecule has 0 bridgehead atoms. The van der Waals surface area contributed by atoms with E-state index in [1.165, 1.54) is 17.0 Å². The number of hydrogen-bond acceptors (Lipinski definition) is 4. The number of nitrogens with zero attached hydrogens (tertiary/aromatic N) is 5. The predicted octanol–water partition coefficient (Wildman–Crippen LogP) is 3.79. The van der Waals surface area contributed by atoms with Crippen LogP contribution in [0.15, 0.2) is 29.9 Å². The maximum atomic E-state index is 4.65. The summed E-state index contributed by atoms with van der Waals surface area (Å²) in [6.07, 6.45) is 3.95. The van der Waals surface area contributed by atoms with Gasteiger partial charge in [0.2, 0.25) is 0 Å². The summed E-state index contributed by atoms with van der Waals surface area (Å²) >= 11 is 1.66. The molecule has 3 rings (SSSR count). The van der Waals surface area contributed by atoms with Crippen molar-refractivity contribution in [1.82, 2.24) is 24.2 Å². The molecule has 0 unspecified atom stereocenters. The van der Waals surface area contributed by atoms with Gasteiger partial charge in [-0.05, 0) is 39.4 Å². The van der Waals surface area contributed by atoms with Crippen LogP contribution in [-0.4, -0.2) is 30.8 Å². The van der Waals surface area contributed by atoms with Crippen molar-refractivity contribution in [3.8, 4) is 5.13 Å². The summed E-state index contributed by atoms with van der Waals surface area (Å²) in [6.45, 7) is 12.4. The molecule has 0 amide bonds. The lowest BCUT2D eigenvalue weighted by Gasteiger charge is -2.21. The van der Waals surface area contributed by atoms with Gasteiger partial charge in [0, 0.05) is 54.4 Å². The van der Waals surface area contributed by atoms with Crippen molar-refractivity contribution in [3.63, 3.8) is 0 Å². The third-order valence-corrected chi connectivity index (χ3v) is 5.27. The molecular weight excluding hydrogens is 318 g/mol. The van der Waals surface area contributed by atoms with E-state index >= 15 is 0 Å². The molecule has 0 aliphatic rings. The summed E-state index contributed by atoms with van der Waals surface area (Å²) in [5, 5.41) is 7.69. The van der Waals surface area contributed by atoms with E-state index < -0.39 is 0 Å². The van der Waals surface area contributed by atoms with Gasteiger partial charge in [-0.15, -0.1) is 11.3 Å². The summed E-state index contributed by atoms with van der Waals surface area (Å²) in [5.41, 5.74) is 5.04. The van der Waals surface area contributed by atoms with Gasteiger partial charge < -0.3 is 0 Å². The Morgan fingerprint density at radius 1 is 1.21 bits per heavy atom. The highest BCUT2D eigenvalue weighted by molar-refractivity contribution is 7.12. The first-order valence-corrected chi connectivity index (χ1v) is 9.33. The smallest absolute Gasteiger partial charge is 0.193 e. The molecule has 6 heteroatoms. The minimum Gasteiger partial charge on any atom is -0.296 e. The summed E-state index contributed by atoms with van der Waals surface area (Å²) in [4.78, 5) is 6.88. The normalized spacial score (nSPS) is 11.5. The summed E-state index contributed by atoms with van der Waals surface area (Å²) < 4.78 is 4.28. The van der Waals surface area contributed by atoms with Gasteiger partial charge >= 0.3 is 0 Å². The monoisotopic (exact) mass is 343 g/mol. The number of rotatable bonds is 7. The van der Waals surface area contributed by atoms with E-state index in [1.807, 2.05) is 11.6 Å². The van der Waals surface area contributed by atoms with Crippen molar-refractivity contribution in [3.05, 3.63) is 52.6 Å². The molecule has 5 nitrogen and oxygen atoms in total. The second-order valence-electron chi connectivity index (χ2n) is 5.95. The lowest BCUT2D eigenvalue weighted by atomic mass is 10.2. The second kappa shape index (κ2) is 7.32. The minimum atomic E-state index is 0.902. The highest BCUT2D eigenvalue weighted by Crippen LogP contribution is 2.20. The van der Waals surface area contributed by atoms with E-state index in [0.717, 1.165) is 37.0 Å². The van der Waals surface area contributed by atoms with Crippen molar-refractivity contribution >= 4 is 11.3 Å². The maximum Gasteiger partial charge on any atom is 0.193 e. The molecule has 3 aromatic rings. The average molecular weight is 344 g/mol. The van der Waals surface area contributed by atoms with Gasteiger partial charge in [-0.3, -0.25) is 14.1 Å². The molecule has 24 heavy (non-hydrogen) atoms. The van der Waals surface area contributed by atoms with Crippen molar-refractivity contribution in [2.45, 2.75) is 47.3 Å². The first-order chi connectivity index (χ1) is 11.6. The van der Waals surface area contributed by atoms with Crippen LogP contribution in [0, 0.1) is 13.8 Å². The van der Waals surface area contributed by atoms with Crippen LogP contribution in [0.5, 0.6) is 0 Å². The zero-order valence-corrected chi connectivity index (χ0v) is 15.7. The molecule has 3 aromatic heterocycles. The predicted molar refractivity (Wildman–Crippen MR) is 98.6 cm³/mol. The Morgan fingerprint density at radius 2 is 2.04 bits per heavy atom. The van der Waals surface area contributed by atoms with Gasteiger partial charge in [0.1, 0.15) is 0 Å². The van der Waals surface area contributed by atoms with Gasteiger partial charge in [0.05, 0.1) is 5.69 Å². The van der Waals surface area contributed by atoms with Crippen LogP contribution < -0.4 is 0 Å². The molecular formula is C18H25N5S. The highest BCUT2D eigenvalue weighted by Gasteiger charge is 2.16. The van der Waals surface area contributed by atoms with Crippen LogP contribution in [0.2, 0.25) is 0 Å². The molecule has 0 aliphatic carbocycles. The lowest BCUT2D eigenvalue weighted by molar-refractivity contribution is 0.265. The molecule has 0 atom stereocenters. The molecule has 0 saturated heterocycles. The van der Waals surface area contributed by atoms with Crippen LogP contribution in [-0.2, 0) is 19.6 Å². The van der Waals surface area contributed by atoms with Crippen molar-refractivity contribution in [2.24, 2.45) is 0 Å². The second-order valence-corrected chi connectivity index (χ2v) is 6.83. The molecule has 3 heterocycles. The first kappa shape index (κ1) is 16.9. The Morgan fingerprint density at radius 3 is 2.67 bits per heavy atom. The Labute approximate surface area is 147 Å². The first-order valence-electron chi connectivity index (χ1n) is 8.45. The molecule has 0 N–H and O–H groups in total. The topological polar surface area (TPSA) is 38.9 Å². The summed E-state index contributed by atoms with van der Waals surface area (Å²) in [5.74, 6) is 0. The number of aromatic nitrogens is 4. The number of hydrogen-bond donors (Lipinski definition) is 0. The summed E-state index contributed by atoms with van der Waals surface area (Å²) in [7, 11) is 0. The van der Waals surface area contributed by atoms with E-state index in [2.05, 4.69) is 70.3 Å². The fraction of sp³-hybridized carbons (Fsp3) is 0.444. The van der Waals surface area contributed by atoms with Crippen molar-refractivity contribution in [2.75, 3.05) is 6.54 Å². The fourth-order valence-corrected chi connectivity index (χ4v) is 3.73. The Kier molecular flexibility index (Phi) is 5.16. The highest BCUT2D eigenvalue weighted by atomic mass is 32.1. The zero-order valence-electron chi connectivity index (χ0n) is 14.9. The molecule has 128 valence electrons. The van der Waals surface area contributed by atoms with Crippen molar-refractivity contribution in [1.29, 1.82) is 0 Å². The molecule has 0 radical (unpaired) electrons. The van der Waals surface area contributed by atoms with E-state index in [0.29, 0.717) is 0 Å². The van der Waals surface area contributed by atoms with Crippen molar-refractivity contribution < 1.29 is 0 Å². The van der Waals surface area contributed by atoms with Crippen LogP contribution in [0.1, 0.15) is 36.5 Å². The number of aryl methyl sites for hydroxylation is 2. The third kappa shape index (κ3) is 3.30. The molecule has 0 saturated carbocycles. The van der Waals surface area contributed by atoms with Crippen LogP contribution in [0.25, 0.3) is 5.13 Å². The quantitative estimate of drug-likeness (QED) is 0.655. The van der Waals surface area contributed by atoms with Gasteiger partial charge in [-0.1, -0.05) is 6.92 Å². The molecule has 0 fully saturated rings.